The Kier molecular flexibility index (Phi) is 7.55. The Balaban J connectivity index is 1.94. The van der Waals surface area contributed by atoms with Gasteiger partial charge < -0.3 is 18.9 Å². The van der Waals surface area contributed by atoms with E-state index in [1.54, 1.807) is 11.7 Å². The number of halogens is 3. The fourth-order valence-electron chi connectivity index (χ4n) is 3.46. The molecule has 0 bridgehead atoms. The number of aromatic nitrogens is 1. The number of likely N-dealkylation sites (tertiary alicyclic amines) is 1. The molecule has 2 heterocycles. The fraction of sp³-hybridized carbons (Fsp3) is 0.524. The number of amides is 1. The van der Waals surface area contributed by atoms with Crippen molar-refractivity contribution in [1.82, 2.24) is 9.47 Å². The van der Waals surface area contributed by atoms with Gasteiger partial charge >= 0.3 is 6.18 Å². The van der Waals surface area contributed by atoms with E-state index in [4.69, 9.17) is 9.47 Å². The van der Waals surface area contributed by atoms with Crippen molar-refractivity contribution >= 4 is 17.2 Å². The first kappa shape index (κ1) is 23.5. The van der Waals surface area contributed by atoms with E-state index in [2.05, 4.69) is 9.89 Å². The lowest BCUT2D eigenvalue weighted by atomic mass is 10.1. The number of benzene rings is 1. The van der Waals surface area contributed by atoms with E-state index in [9.17, 15) is 18.0 Å². The number of aryl methyl sites for hydroxylation is 1. The molecule has 1 amide bonds. The number of nitrogens with zero attached hydrogens (tertiary/aromatic N) is 3. The van der Waals surface area contributed by atoms with Crippen molar-refractivity contribution < 1.29 is 27.4 Å². The van der Waals surface area contributed by atoms with Gasteiger partial charge in [0.05, 0.1) is 17.7 Å². The van der Waals surface area contributed by atoms with E-state index in [1.807, 2.05) is 20.2 Å². The van der Waals surface area contributed by atoms with Gasteiger partial charge in [-0.3, -0.25) is 4.79 Å². The average molecular weight is 458 g/mol. The third kappa shape index (κ3) is 5.96. The first-order valence-corrected chi connectivity index (χ1v) is 10.8. The molecule has 0 aliphatic carbocycles. The van der Waals surface area contributed by atoms with E-state index in [0.29, 0.717) is 24.6 Å². The Bertz CT molecular complexity index is 984. The molecule has 10 heteroatoms. The number of rotatable bonds is 7. The smallest absolute Gasteiger partial charge is 0.416 e. The molecule has 1 aliphatic heterocycles. The van der Waals surface area contributed by atoms with Gasteiger partial charge in [0.2, 0.25) is 0 Å². The van der Waals surface area contributed by atoms with Crippen LogP contribution in [0, 0.1) is 6.92 Å². The second-order valence-electron chi connectivity index (χ2n) is 7.52. The lowest BCUT2D eigenvalue weighted by molar-refractivity contribution is -0.137. The van der Waals surface area contributed by atoms with Gasteiger partial charge in [-0.25, -0.2) is 0 Å². The van der Waals surface area contributed by atoms with Gasteiger partial charge in [-0.2, -0.15) is 18.2 Å². The van der Waals surface area contributed by atoms with Crippen LogP contribution in [0.3, 0.4) is 0 Å². The molecule has 0 spiro atoms. The molecule has 1 atom stereocenters. The van der Waals surface area contributed by atoms with E-state index in [1.165, 1.54) is 17.4 Å². The van der Waals surface area contributed by atoms with Crippen LogP contribution in [0.2, 0.25) is 0 Å². The van der Waals surface area contributed by atoms with Crippen LogP contribution in [0.4, 0.5) is 13.2 Å². The molecule has 2 aromatic rings. The van der Waals surface area contributed by atoms with Crippen LogP contribution in [0.25, 0.3) is 0 Å². The normalized spacial score (nSPS) is 18.0. The van der Waals surface area contributed by atoms with Gasteiger partial charge in [0.25, 0.3) is 5.91 Å². The molecule has 1 aromatic carbocycles. The Morgan fingerprint density at radius 1 is 1.35 bits per heavy atom. The maximum absolute atomic E-state index is 13.3. The van der Waals surface area contributed by atoms with Gasteiger partial charge in [0, 0.05) is 30.8 Å². The predicted octanol–water partition coefficient (Wildman–Crippen LogP) is 3.74. The van der Waals surface area contributed by atoms with Gasteiger partial charge in [-0.05, 0) is 51.6 Å². The van der Waals surface area contributed by atoms with Crippen LogP contribution in [0.5, 0.6) is 5.75 Å². The topological polar surface area (TPSA) is 56.1 Å². The molecule has 1 aliphatic rings. The monoisotopic (exact) mass is 457 g/mol. The number of thiazole rings is 1. The number of hydrogen-bond acceptors (Lipinski definition) is 5. The predicted molar refractivity (Wildman–Crippen MR) is 111 cm³/mol. The molecule has 0 radical (unpaired) electrons. The van der Waals surface area contributed by atoms with Crippen molar-refractivity contribution in [3.05, 3.63) is 45.2 Å². The number of carbonyl (C=O) groups excluding carboxylic acids is 1. The molecule has 0 unspecified atom stereocenters. The third-order valence-corrected chi connectivity index (χ3v) is 6.14. The number of likely N-dealkylation sites (N-methyl/N-ethyl adjacent to an activating group) is 1. The molecule has 3 rings (SSSR count). The van der Waals surface area contributed by atoms with Crippen LogP contribution in [-0.2, 0) is 17.5 Å². The number of ether oxygens (including phenoxy) is 2. The highest BCUT2D eigenvalue weighted by atomic mass is 32.1. The average Bonchev–Trinajstić information content (AvgIpc) is 3.28. The van der Waals surface area contributed by atoms with Crippen LogP contribution in [-0.4, -0.2) is 55.3 Å². The van der Waals surface area contributed by atoms with Crippen LogP contribution in [0.1, 0.15) is 33.6 Å². The van der Waals surface area contributed by atoms with E-state index >= 15 is 0 Å². The summed E-state index contributed by atoms with van der Waals surface area (Å²) in [5.41, 5.74) is -1.11. The quantitative estimate of drug-likeness (QED) is 0.636. The van der Waals surface area contributed by atoms with Crippen LogP contribution >= 0.6 is 11.3 Å². The maximum Gasteiger partial charge on any atom is 0.416 e. The van der Waals surface area contributed by atoms with Crippen molar-refractivity contribution in [2.45, 2.75) is 38.5 Å². The Morgan fingerprint density at radius 3 is 2.77 bits per heavy atom. The van der Waals surface area contributed by atoms with Gasteiger partial charge in [-0.1, -0.05) is 0 Å². The SMILES string of the molecule is COCCn1cc(C)s/c1=N\C(=O)c1cc(C(F)(F)F)ccc1OC[C@@H]1CCCN1C. The number of hydrogen-bond donors (Lipinski definition) is 0. The molecular weight excluding hydrogens is 431 g/mol. The largest absolute Gasteiger partial charge is 0.491 e. The molecule has 0 saturated carbocycles. The summed E-state index contributed by atoms with van der Waals surface area (Å²) in [7, 11) is 3.54. The standard InChI is InChI=1S/C21H26F3N3O3S/c1-14-12-27(9-10-29-3)20(31-14)25-19(28)17-11-15(21(22,23)24)6-7-18(17)30-13-16-5-4-8-26(16)2/h6-7,11-12,16H,4-5,8-10,13H2,1-3H3/b25-20-/t16-/m0/s1. The first-order valence-electron chi connectivity index (χ1n) is 9.98. The van der Waals surface area contributed by atoms with Crippen molar-refractivity contribution in [1.29, 1.82) is 0 Å². The Morgan fingerprint density at radius 2 is 2.13 bits per heavy atom. The summed E-state index contributed by atoms with van der Waals surface area (Å²) in [4.78, 5) is 20.5. The summed E-state index contributed by atoms with van der Waals surface area (Å²) in [6.07, 6.45) is -0.761. The summed E-state index contributed by atoms with van der Waals surface area (Å²) >= 11 is 1.29. The molecular formula is C21H26F3N3O3S. The fourth-order valence-corrected chi connectivity index (χ4v) is 4.32. The number of alkyl halides is 3. The van der Waals surface area contributed by atoms with Crippen molar-refractivity contribution in [2.75, 3.05) is 33.9 Å². The van der Waals surface area contributed by atoms with E-state index in [0.717, 1.165) is 36.4 Å². The van der Waals surface area contributed by atoms with E-state index in [-0.39, 0.29) is 17.4 Å². The highest BCUT2D eigenvalue weighted by Crippen LogP contribution is 2.33. The zero-order valence-electron chi connectivity index (χ0n) is 17.7. The van der Waals surface area contributed by atoms with Crippen LogP contribution in [0.15, 0.2) is 29.4 Å². The van der Waals surface area contributed by atoms with Gasteiger partial charge in [0.15, 0.2) is 4.80 Å². The highest BCUT2D eigenvalue weighted by Gasteiger charge is 2.32. The number of methoxy groups -OCH3 is 1. The minimum atomic E-state index is -4.57. The van der Waals surface area contributed by atoms with E-state index < -0.39 is 17.6 Å². The van der Waals surface area contributed by atoms with Crippen molar-refractivity contribution in [3.63, 3.8) is 0 Å². The highest BCUT2D eigenvalue weighted by molar-refractivity contribution is 7.09. The lowest BCUT2D eigenvalue weighted by Crippen LogP contribution is -2.30. The molecule has 1 fully saturated rings. The molecule has 31 heavy (non-hydrogen) atoms. The van der Waals surface area contributed by atoms with Crippen molar-refractivity contribution in [2.24, 2.45) is 4.99 Å². The van der Waals surface area contributed by atoms with Crippen LogP contribution < -0.4 is 9.54 Å². The Hall–Kier alpha value is -2.17. The summed E-state index contributed by atoms with van der Waals surface area (Å²) in [5, 5.41) is 0. The lowest BCUT2D eigenvalue weighted by Gasteiger charge is -2.20. The minimum absolute atomic E-state index is 0.110. The second-order valence-corrected chi connectivity index (χ2v) is 8.74. The zero-order valence-corrected chi connectivity index (χ0v) is 18.6. The molecule has 0 N–H and O–H groups in total. The van der Waals surface area contributed by atoms with Gasteiger partial charge in [-0.15, -0.1) is 11.3 Å². The second kappa shape index (κ2) is 9.97. The number of carbonyl (C=O) groups is 1. The summed E-state index contributed by atoms with van der Waals surface area (Å²) < 4.78 is 52.4. The summed E-state index contributed by atoms with van der Waals surface area (Å²) in [6.45, 7) is 4.02. The molecule has 1 saturated heterocycles. The maximum atomic E-state index is 13.3. The van der Waals surface area contributed by atoms with Crippen molar-refractivity contribution in [3.8, 4) is 5.75 Å². The van der Waals surface area contributed by atoms with Gasteiger partial charge in [0.1, 0.15) is 12.4 Å². The molecule has 6 nitrogen and oxygen atoms in total. The summed E-state index contributed by atoms with van der Waals surface area (Å²) in [6, 6.07) is 3.12. The molecule has 170 valence electrons. The zero-order chi connectivity index (χ0) is 22.6. The molecule has 1 aromatic heterocycles. The first-order chi connectivity index (χ1) is 14.7. The third-order valence-electron chi connectivity index (χ3n) is 5.21. The Labute approximate surface area is 182 Å². The minimum Gasteiger partial charge on any atom is -0.491 e. The summed E-state index contributed by atoms with van der Waals surface area (Å²) in [5.74, 6) is -0.660.